The highest BCUT2D eigenvalue weighted by atomic mass is 16.4. The van der Waals surface area contributed by atoms with E-state index in [2.05, 4.69) is 22.5 Å². The van der Waals surface area contributed by atoms with Crippen molar-refractivity contribution in [3.63, 3.8) is 0 Å². The van der Waals surface area contributed by atoms with Crippen LogP contribution in [0.3, 0.4) is 0 Å². The van der Waals surface area contributed by atoms with Crippen LogP contribution in [0.4, 0.5) is 0 Å². The Kier molecular flexibility index (Phi) is 4.63. The number of rotatable bonds is 6. The summed E-state index contributed by atoms with van der Waals surface area (Å²) in [6.45, 7) is 4.62. The van der Waals surface area contributed by atoms with Gasteiger partial charge < -0.3 is 9.67 Å². The molecule has 0 aliphatic carbocycles. The largest absolute Gasteiger partial charge is 0.481 e. The van der Waals surface area contributed by atoms with E-state index in [1.807, 2.05) is 33.2 Å². The third kappa shape index (κ3) is 3.24. The van der Waals surface area contributed by atoms with Crippen LogP contribution in [0.2, 0.25) is 0 Å². The summed E-state index contributed by atoms with van der Waals surface area (Å²) in [5.41, 5.74) is 3.11. The molecule has 21 heavy (non-hydrogen) atoms. The summed E-state index contributed by atoms with van der Waals surface area (Å²) in [4.78, 5) is 17.8. The van der Waals surface area contributed by atoms with Crippen LogP contribution in [0.1, 0.15) is 37.2 Å². The fourth-order valence-electron chi connectivity index (χ4n) is 2.73. The first kappa shape index (κ1) is 15.5. The molecule has 1 atom stereocenters. The molecule has 114 valence electrons. The first-order chi connectivity index (χ1) is 9.93. The van der Waals surface area contributed by atoms with E-state index < -0.39 is 5.97 Å². The maximum atomic E-state index is 10.9. The second-order valence-corrected chi connectivity index (χ2v) is 5.65. The average molecular weight is 289 g/mol. The topological polar surface area (TPSA) is 58.4 Å². The predicted octanol–water partition coefficient (Wildman–Crippen LogP) is 2.83. The van der Waals surface area contributed by atoms with Gasteiger partial charge in [0, 0.05) is 6.54 Å². The smallest absolute Gasteiger partial charge is 0.305 e. The van der Waals surface area contributed by atoms with Crippen molar-refractivity contribution in [2.24, 2.45) is 0 Å². The molecule has 0 saturated heterocycles. The number of hydrogen-bond donors (Lipinski definition) is 1. The number of aliphatic carboxylic acids is 1. The number of aromatic nitrogens is 2. The molecule has 0 bridgehead atoms. The Morgan fingerprint density at radius 3 is 2.71 bits per heavy atom. The monoisotopic (exact) mass is 289 g/mol. The molecule has 1 N–H and O–H groups in total. The highest BCUT2D eigenvalue weighted by molar-refractivity contribution is 5.77. The van der Waals surface area contributed by atoms with Crippen LogP contribution in [0.25, 0.3) is 11.0 Å². The Balaban J connectivity index is 2.55. The Morgan fingerprint density at radius 1 is 1.43 bits per heavy atom. The van der Waals surface area contributed by atoms with Gasteiger partial charge >= 0.3 is 5.97 Å². The van der Waals surface area contributed by atoms with Gasteiger partial charge in [0.15, 0.2) is 0 Å². The minimum atomic E-state index is -0.784. The molecule has 5 nitrogen and oxygen atoms in total. The van der Waals surface area contributed by atoms with E-state index in [9.17, 15) is 4.79 Å². The van der Waals surface area contributed by atoms with Gasteiger partial charge in [-0.25, -0.2) is 4.98 Å². The third-order valence-corrected chi connectivity index (χ3v) is 3.79. The maximum Gasteiger partial charge on any atom is 0.305 e. The van der Waals surface area contributed by atoms with Gasteiger partial charge in [-0.1, -0.05) is 13.0 Å². The normalized spacial score (nSPS) is 13.0. The van der Waals surface area contributed by atoms with Crippen LogP contribution >= 0.6 is 0 Å². The fraction of sp³-hybridized carbons (Fsp3) is 0.500. The summed E-state index contributed by atoms with van der Waals surface area (Å²) in [6.07, 6.45) is 1.04. The zero-order chi connectivity index (χ0) is 15.6. The minimum absolute atomic E-state index is 0.107. The lowest BCUT2D eigenvalue weighted by Gasteiger charge is -2.23. The molecule has 1 aromatic heterocycles. The molecule has 2 aromatic rings. The van der Waals surface area contributed by atoms with Crippen molar-refractivity contribution < 1.29 is 9.90 Å². The number of carboxylic acids is 1. The summed E-state index contributed by atoms with van der Waals surface area (Å²) >= 11 is 0. The Morgan fingerprint density at radius 2 is 2.14 bits per heavy atom. The summed E-state index contributed by atoms with van der Waals surface area (Å²) in [7, 11) is 4.06. The van der Waals surface area contributed by atoms with E-state index in [-0.39, 0.29) is 12.5 Å². The fourth-order valence-corrected chi connectivity index (χ4v) is 2.73. The van der Waals surface area contributed by atoms with E-state index in [4.69, 9.17) is 10.1 Å². The van der Waals surface area contributed by atoms with E-state index in [0.717, 1.165) is 28.8 Å². The van der Waals surface area contributed by atoms with Gasteiger partial charge in [-0.05, 0) is 45.1 Å². The molecule has 0 amide bonds. The lowest BCUT2D eigenvalue weighted by atomic mass is 10.2. The second kappa shape index (κ2) is 6.26. The van der Waals surface area contributed by atoms with Crippen molar-refractivity contribution in [3.8, 4) is 0 Å². The van der Waals surface area contributed by atoms with Crippen molar-refractivity contribution >= 4 is 17.0 Å². The number of aryl methyl sites for hydroxylation is 2. The van der Waals surface area contributed by atoms with Gasteiger partial charge in [-0.3, -0.25) is 9.69 Å². The van der Waals surface area contributed by atoms with Gasteiger partial charge in [-0.2, -0.15) is 0 Å². The summed E-state index contributed by atoms with van der Waals surface area (Å²) < 4.78 is 2.05. The van der Waals surface area contributed by atoms with Gasteiger partial charge in [0.1, 0.15) is 5.82 Å². The molecule has 1 aromatic carbocycles. The molecule has 2 rings (SSSR count). The van der Waals surface area contributed by atoms with Crippen molar-refractivity contribution in [1.29, 1.82) is 0 Å². The molecule has 0 fully saturated rings. The quantitative estimate of drug-likeness (QED) is 0.888. The molecule has 0 spiro atoms. The minimum Gasteiger partial charge on any atom is -0.481 e. The maximum absolute atomic E-state index is 10.9. The van der Waals surface area contributed by atoms with Crippen LogP contribution < -0.4 is 0 Å². The number of fused-ring (bicyclic) bond motifs is 1. The number of nitrogens with zero attached hydrogens (tertiary/aromatic N) is 3. The number of carbonyl (C=O) groups is 1. The second-order valence-electron chi connectivity index (χ2n) is 5.65. The average Bonchev–Trinajstić information content (AvgIpc) is 2.74. The summed E-state index contributed by atoms with van der Waals surface area (Å²) in [5.74, 6) is 0.164. The SMILES string of the molecule is CCC(c1nc2cc(C)ccc2n1CCC(=O)O)N(C)C. The molecule has 1 heterocycles. The number of carboxylic acid groups (broad SMARTS) is 1. The van der Waals surface area contributed by atoms with E-state index in [0.29, 0.717) is 6.54 Å². The number of hydrogen-bond acceptors (Lipinski definition) is 3. The van der Waals surface area contributed by atoms with E-state index >= 15 is 0 Å². The van der Waals surface area contributed by atoms with Crippen molar-refractivity contribution in [2.75, 3.05) is 14.1 Å². The van der Waals surface area contributed by atoms with Gasteiger partial charge in [0.25, 0.3) is 0 Å². The first-order valence-electron chi connectivity index (χ1n) is 7.29. The van der Waals surface area contributed by atoms with Crippen molar-refractivity contribution in [2.45, 2.75) is 39.3 Å². The first-order valence-corrected chi connectivity index (χ1v) is 7.29. The molecule has 0 aliphatic heterocycles. The van der Waals surface area contributed by atoms with Gasteiger partial charge in [-0.15, -0.1) is 0 Å². The Hall–Kier alpha value is -1.88. The highest BCUT2D eigenvalue weighted by Crippen LogP contribution is 2.26. The molecule has 0 saturated carbocycles. The van der Waals surface area contributed by atoms with Crippen LogP contribution in [-0.4, -0.2) is 39.6 Å². The summed E-state index contributed by atoms with van der Waals surface area (Å²) in [5, 5.41) is 8.98. The lowest BCUT2D eigenvalue weighted by Crippen LogP contribution is -2.23. The van der Waals surface area contributed by atoms with Gasteiger partial charge in [0.2, 0.25) is 0 Å². The molecule has 0 radical (unpaired) electrons. The molecule has 0 aliphatic rings. The van der Waals surface area contributed by atoms with Crippen LogP contribution in [0.15, 0.2) is 18.2 Å². The van der Waals surface area contributed by atoms with Crippen LogP contribution in [-0.2, 0) is 11.3 Å². The molecule has 5 heteroatoms. The predicted molar refractivity (Wildman–Crippen MR) is 83.4 cm³/mol. The van der Waals surface area contributed by atoms with Crippen molar-refractivity contribution in [1.82, 2.24) is 14.5 Å². The molecular weight excluding hydrogens is 266 g/mol. The zero-order valence-corrected chi connectivity index (χ0v) is 13.1. The van der Waals surface area contributed by atoms with Crippen LogP contribution in [0.5, 0.6) is 0 Å². The molecular formula is C16H23N3O2. The number of imidazole rings is 1. The molecule has 1 unspecified atom stereocenters. The summed E-state index contributed by atoms with van der Waals surface area (Å²) in [6, 6.07) is 6.32. The van der Waals surface area contributed by atoms with Gasteiger partial charge in [0.05, 0.1) is 23.5 Å². The highest BCUT2D eigenvalue weighted by Gasteiger charge is 2.21. The van der Waals surface area contributed by atoms with E-state index in [1.165, 1.54) is 0 Å². The zero-order valence-electron chi connectivity index (χ0n) is 13.1. The standard InChI is InChI=1S/C16H23N3O2/c1-5-13(18(3)4)16-17-12-10-11(2)6-7-14(12)19(16)9-8-15(20)21/h6-7,10,13H,5,8-9H2,1-4H3,(H,20,21). The van der Waals surface area contributed by atoms with Crippen LogP contribution in [0, 0.1) is 6.92 Å². The Bertz CT molecular complexity index is 646. The number of benzene rings is 1. The van der Waals surface area contributed by atoms with E-state index in [1.54, 1.807) is 0 Å². The lowest BCUT2D eigenvalue weighted by molar-refractivity contribution is -0.137. The third-order valence-electron chi connectivity index (χ3n) is 3.79. The van der Waals surface area contributed by atoms with Crippen molar-refractivity contribution in [3.05, 3.63) is 29.6 Å². The Labute approximate surface area is 125 Å².